The number of hydrogen-bond acceptors (Lipinski definition) is 6. The van der Waals surface area contributed by atoms with E-state index in [1.807, 2.05) is 0 Å². The molecule has 2 atom stereocenters. The van der Waals surface area contributed by atoms with Crippen LogP contribution in [0.4, 0.5) is 0 Å². The summed E-state index contributed by atoms with van der Waals surface area (Å²) in [5.74, 6) is 0. The molecule has 0 spiro atoms. The van der Waals surface area contributed by atoms with E-state index in [2.05, 4.69) is 79.3 Å². The van der Waals surface area contributed by atoms with E-state index in [-0.39, 0.29) is 26.4 Å². The van der Waals surface area contributed by atoms with Crippen molar-refractivity contribution >= 4 is 33.3 Å². The van der Waals surface area contributed by atoms with Crippen LogP contribution in [-0.2, 0) is 17.7 Å². The Balaban J connectivity index is 4.55. The Morgan fingerprint density at radius 1 is 0.606 bits per heavy atom. The van der Waals surface area contributed by atoms with Crippen LogP contribution in [0, 0.1) is 5.41 Å². The van der Waals surface area contributed by atoms with Crippen molar-refractivity contribution in [2.24, 2.45) is 5.41 Å². The molecule has 0 aliphatic carbocycles. The number of aliphatic hydroxyl groups excluding tert-OH is 2. The van der Waals surface area contributed by atoms with Gasteiger partial charge in [0.05, 0.1) is 31.8 Å². The predicted octanol–water partition coefficient (Wildman–Crippen LogP) is 5.66. The van der Waals surface area contributed by atoms with E-state index in [1.54, 1.807) is 0 Å². The van der Waals surface area contributed by atoms with Crippen LogP contribution in [0.3, 0.4) is 0 Å². The average molecular weight is 541 g/mol. The zero-order chi connectivity index (χ0) is 26.1. The summed E-state index contributed by atoms with van der Waals surface area (Å²) >= 11 is 0. The lowest BCUT2D eigenvalue weighted by atomic mass is 9.92. The molecule has 0 aromatic heterocycles. The molecule has 0 aromatic rings. The molecule has 2 N–H and O–H groups in total. The van der Waals surface area contributed by atoms with Gasteiger partial charge in [0.1, 0.15) is 0 Å². The van der Waals surface area contributed by atoms with Crippen LogP contribution in [0.2, 0.25) is 76.6 Å². The number of aliphatic hydroxyl groups is 2. The van der Waals surface area contributed by atoms with Gasteiger partial charge in [0.25, 0.3) is 0 Å². The zero-order valence-electron chi connectivity index (χ0n) is 23.8. The van der Waals surface area contributed by atoms with Crippen molar-refractivity contribution in [3.8, 4) is 0 Å². The van der Waals surface area contributed by atoms with E-state index in [0.717, 1.165) is 12.8 Å². The maximum Gasteiger partial charge on any atom is 0.176 e. The molecule has 2 unspecified atom stereocenters. The van der Waals surface area contributed by atoms with Crippen LogP contribution >= 0.6 is 0 Å². The number of hydrogen-bond donors (Lipinski definition) is 2. The van der Waals surface area contributed by atoms with Gasteiger partial charge in [-0.1, -0.05) is 13.8 Å². The fourth-order valence-corrected chi connectivity index (χ4v) is 19.7. The maximum absolute atomic E-state index is 9.97. The van der Waals surface area contributed by atoms with Gasteiger partial charge in [-0.15, -0.1) is 0 Å². The average Bonchev–Trinajstić information content (AvgIpc) is 2.62. The highest BCUT2D eigenvalue weighted by Crippen LogP contribution is 2.30. The van der Waals surface area contributed by atoms with Gasteiger partial charge >= 0.3 is 0 Å². The van der Waals surface area contributed by atoms with Crippen LogP contribution in [0.1, 0.15) is 26.7 Å². The second-order valence-electron chi connectivity index (χ2n) is 12.9. The quantitative estimate of drug-likeness (QED) is 0.172. The lowest BCUT2D eigenvalue weighted by Crippen LogP contribution is -2.45. The van der Waals surface area contributed by atoms with Crippen LogP contribution in [0.15, 0.2) is 0 Å². The van der Waals surface area contributed by atoms with Crippen molar-refractivity contribution in [3.63, 3.8) is 0 Å². The second kappa shape index (κ2) is 13.8. The van der Waals surface area contributed by atoms with Crippen LogP contribution < -0.4 is 0 Å². The summed E-state index contributed by atoms with van der Waals surface area (Å²) < 4.78 is 24.8. The highest BCUT2D eigenvalue weighted by atomic mass is 28.4. The molecule has 0 amide bonds. The van der Waals surface area contributed by atoms with E-state index in [4.69, 9.17) is 17.7 Å². The molecule has 6 nitrogen and oxygen atoms in total. The minimum atomic E-state index is -1.77. The largest absolute Gasteiger partial charge is 0.456 e. The molecule has 0 saturated carbocycles. The molecule has 0 saturated heterocycles. The van der Waals surface area contributed by atoms with Crippen molar-refractivity contribution in [1.29, 1.82) is 0 Å². The Morgan fingerprint density at radius 3 is 1.15 bits per heavy atom. The Labute approximate surface area is 209 Å². The Hall–Kier alpha value is 0.628. The SMILES string of the molecule is CC(CCOCC(CO)(CO)COCCC(C)[Si](C)(C)O[Si](C)(C)C)[Si](C)(C)O[Si](C)(C)C. The molecule has 0 aliphatic rings. The Morgan fingerprint density at radius 2 is 0.909 bits per heavy atom. The topological polar surface area (TPSA) is 77.4 Å². The summed E-state index contributed by atoms with van der Waals surface area (Å²) in [6, 6.07) is 0. The molecular formula is C23H56O6Si4. The summed E-state index contributed by atoms with van der Waals surface area (Å²) in [6.07, 6.45) is 1.84. The smallest absolute Gasteiger partial charge is 0.176 e. The van der Waals surface area contributed by atoms with E-state index < -0.39 is 38.7 Å². The first kappa shape index (κ1) is 33.6. The van der Waals surface area contributed by atoms with Crippen molar-refractivity contribution in [1.82, 2.24) is 0 Å². The fraction of sp³-hybridized carbons (Fsp3) is 1.00. The van der Waals surface area contributed by atoms with Crippen molar-refractivity contribution < 1.29 is 27.9 Å². The van der Waals surface area contributed by atoms with Crippen LogP contribution in [0.5, 0.6) is 0 Å². The summed E-state index contributed by atoms with van der Waals surface area (Å²) in [5.41, 5.74) is 0.187. The van der Waals surface area contributed by atoms with E-state index in [0.29, 0.717) is 24.3 Å². The van der Waals surface area contributed by atoms with Gasteiger partial charge in [-0.05, 0) is 89.4 Å². The maximum atomic E-state index is 9.97. The zero-order valence-corrected chi connectivity index (χ0v) is 27.8. The molecule has 0 fully saturated rings. The summed E-state index contributed by atoms with van der Waals surface area (Å²) in [4.78, 5) is 0. The number of rotatable bonds is 18. The van der Waals surface area contributed by atoms with Gasteiger partial charge < -0.3 is 27.9 Å². The normalized spacial score (nSPS) is 16.2. The summed E-state index contributed by atoms with van der Waals surface area (Å²) in [7, 11) is -6.66. The predicted molar refractivity (Wildman–Crippen MR) is 150 cm³/mol. The highest BCUT2D eigenvalue weighted by molar-refractivity contribution is 6.85. The van der Waals surface area contributed by atoms with Crippen molar-refractivity contribution in [3.05, 3.63) is 0 Å². The lowest BCUT2D eigenvalue weighted by molar-refractivity contribution is -0.0775. The Bertz CT molecular complexity index is 498. The molecule has 200 valence electrons. The third kappa shape index (κ3) is 14.1. The highest BCUT2D eigenvalue weighted by Gasteiger charge is 2.36. The standard InChI is InChI=1S/C23H56O6Si4/c1-21(32(9,10)28-30(3,4)5)13-15-26-19-23(17-24,18-25)20-27-16-14-22(2)33(11,12)29-31(6,7)8/h21-22,24-25H,13-20H2,1-12H3. The summed E-state index contributed by atoms with van der Waals surface area (Å²) in [5, 5.41) is 19.9. The van der Waals surface area contributed by atoms with Gasteiger partial charge in [0.2, 0.25) is 0 Å². The van der Waals surface area contributed by atoms with E-state index in [9.17, 15) is 10.2 Å². The minimum Gasteiger partial charge on any atom is -0.456 e. The van der Waals surface area contributed by atoms with Gasteiger partial charge in [-0.2, -0.15) is 0 Å². The molecule has 10 heteroatoms. The first-order valence-electron chi connectivity index (χ1n) is 12.6. The third-order valence-corrected chi connectivity index (χ3v) is 20.8. The Kier molecular flexibility index (Phi) is 14.1. The van der Waals surface area contributed by atoms with Crippen LogP contribution in [0.25, 0.3) is 0 Å². The molecule has 0 aromatic carbocycles. The van der Waals surface area contributed by atoms with Gasteiger partial charge in [0, 0.05) is 13.2 Å². The molecule has 0 radical (unpaired) electrons. The first-order valence-corrected chi connectivity index (χ1v) is 25.4. The first-order chi connectivity index (χ1) is 14.8. The molecule has 0 rings (SSSR count). The van der Waals surface area contributed by atoms with Crippen LogP contribution in [-0.4, -0.2) is 83.1 Å². The lowest BCUT2D eigenvalue weighted by Gasteiger charge is -2.36. The second-order valence-corrected chi connectivity index (χ2v) is 31.4. The van der Waals surface area contributed by atoms with Gasteiger partial charge in [-0.25, -0.2) is 0 Å². The molecule has 0 aliphatic heterocycles. The number of ether oxygens (including phenoxy) is 2. The molecular weight excluding hydrogens is 485 g/mol. The van der Waals surface area contributed by atoms with Crippen molar-refractivity contribution in [2.45, 2.75) is 103 Å². The fourth-order valence-electron chi connectivity index (χ4n) is 3.85. The van der Waals surface area contributed by atoms with E-state index >= 15 is 0 Å². The summed E-state index contributed by atoms with van der Waals surface area (Å²) in [6.45, 7) is 28.6. The monoisotopic (exact) mass is 540 g/mol. The molecule has 0 bridgehead atoms. The molecule has 33 heavy (non-hydrogen) atoms. The van der Waals surface area contributed by atoms with Crippen molar-refractivity contribution in [2.75, 3.05) is 39.6 Å². The minimum absolute atomic E-state index is 0.160. The van der Waals surface area contributed by atoms with Gasteiger partial charge in [0.15, 0.2) is 33.3 Å². The molecule has 0 heterocycles. The van der Waals surface area contributed by atoms with E-state index in [1.165, 1.54) is 0 Å². The van der Waals surface area contributed by atoms with Gasteiger partial charge in [-0.3, -0.25) is 0 Å². The third-order valence-electron chi connectivity index (χ3n) is 6.39.